The molecule has 4 nitrogen and oxygen atoms in total. The maximum absolute atomic E-state index is 11.6. The minimum Gasteiger partial charge on any atom is -0.368 e. The van der Waals surface area contributed by atoms with E-state index in [1.807, 2.05) is 42.5 Å². The molecule has 6 N–H and O–H groups in total. The van der Waals surface area contributed by atoms with Crippen LogP contribution in [0.15, 0.2) is 54.6 Å². The van der Waals surface area contributed by atoms with Crippen LogP contribution in [0, 0.1) is 0 Å². The molecule has 2 atom stereocenters. The third kappa shape index (κ3) is 3.03. The van der Waals surface area contributed by atoms with Gasteiger partial charge in [0, 0.05) is 0 Å². The largest absolute Gasteiger partial charge is 0.368 e. The van der Waals surface area contributed by atoms with Crippen LogP contribution in [0.4, 0.5) is 0 Å². The molecule has 0 aliphatic heterocycles. The van der Waals surface area contributed by atoms with Gasteiger partial charge in [0.15, 0.2) is 0 Å². The third-order valence-corrected chi connectivity index (χ3v) is 4.40. The number of amides is 1. The SMILES string of the molecule is CC(N)(C(N)=O)C(C)(N)c1ccc(Cc2ccccc2)cc1. The number of carbonyl (C=O) groups is 1. The Morgan fingerprint density at radius 1 is 0.909 bits per heavy atom. The van der Waals surface area contributed by atoms with Crippen molar-refractivity contribution < 1.29 is 4.79 Å². The van der Waals surface area contributed by atoms with E-state index in [9.17, 15) is 4.79 Å². The van der Waals surface area contributed by atoms with Gasteiger partial charge in [0.1, 0.15) is 5.54 Å². The highest BCUT2D eigenvalue weighted by molar-refractivity contribution is 5.86. The summed E-state index contributed by atoms with van der Waals surface area (Å²) in [5.74, 6) is -0.620. The van der Waals surface area contributed by atoms with Gasteiger partial charge in [-0.15, -0.1) is 0 Å². The van der Waals surface area contributed by atoms with E-state index in [2.05, 4.69) is 12.1 Å². The molecule has 0 bridgehead atoms. The second kappa shape index (κ2) is 5.91. The summed E-state index contributed by atoms with van der Waals surface area (Å²) in [5, 5.41) is 0. The number of primary amides is 1. The van der Waals surface area contributed by atoms with Crippen LogP contribution in [0.25, 0.3) is 0 Å². The molecule has 0 saturated heterocycles. The average molecular weight is 297 g/mol. The molecule has 2 unspecified atom stereocenters. The zero-order valence-corrected chi connectivity index (χ0v) is 13.0. The van der Waals surface area contributed by atoms with Gasteiger partial charge in [0.25, 0.3) is 0 Å². The van der Waals surface area contributed by atoms with E-state index in [1.54, 1.807) is 13.8 Å². The molecule has 0 spiro atoms. The second-order valence-corrected chi connectivity index (χ2v) is 6.13. The van der Waals surface area contributed by atoms with Gasteiger partial charge in [-0.1, -0.05) is 54.6 Å². The van der Waals surface area contributed by atoms with Gasteiger partial charge in [-0.3, -0.25) is 4.79 Å². The predicted molar refractivity (Wildman–Crippen MR) is 89.0 cm³/mol. The van der Waals surface area contributed by atoms with Crippen LogP contribution in [0.3, 0.4) is 0 Å². The molecule has 22 heavy (non-hydrogen) atoms. The maximum Gasteiger partial charge on any atom is 0.239 e. The third-order valence-electron chi connectivity index (χ3n) is 4.40. The van der Waals surface area contributed by atoms with E-state index in [0.717, 1.165) is 12.0 Å². The maximum atomic E-state index is 11.6. The summed E-state index contributed by atoms with van der Waals surface area (Å²) < 4.78 is 0. The fraction of sp³-hybridized carbons (Fsp3) is 0.278. The van der Waals surface area contributed by atoms with Gasteiger partial charge in [-0.05, 0) is 37.0 Å². The van der Waals surface area contributed by atoms with Crippen molar-refractivity contribution in [2.45, 2.75) is 31.3 Å². The van der Waals surface area contributed by atoms with Crippen molar-refractivity contribution in [1.82, 2.24) is 0 Å². The van der Waals surface area contributed by atoms with E-state index in [-0.39, 0.29) is 0 Å². The fourth-order valence-electron chi connectivity index (χ4n) is 2.36. The molecule has 116 valence electrons. The first-order valence-corrected chi connectivity index (χ1v) is 7.26. The summed E-state index contributed by atoms with van der Waals surface area (Å²) in [6.45, 7) is 3.29. The topological polar surface area (TPSA) is 95.1 Å². The summed E-state index contributed by atoms with van der Waals surface area (Å²) in [6.07, 6.45) is 0.845. The molecule has 0 aromatic heterocycles. The normalized spacial score (nSPS) is 16.5. The fourth-order valence-corrected chi connectivity index (χ4v) is 2.36. The average Bonchev–Trinajstić information content (AvgIpc) is 2.48. The van der Waals surface area contributed by atoms with Crippen molar-refractivity contribution in [3.8, 4) is 0 Å². The minimum absolute atomic E-state index is 0.620. The minimum atomic E-state index is -1.33. The number of benzene rings is 2. The molecule has 0 fully saturated rings. The Balaban J connectivity index is 2.23. The van der Waals surface area contributed by atoms with E-state index in [1.165, 1.54) is 11.1 Å². The van der Waals surface area contributed by atoms with Gasteiger partial charge >= 0.3 is 0 Å². The molecule has 0 saturated carbocycles. The lowest BCUT2D eigenvalue weighted by Gasteiger charge is -2.38. The summed E-state index contributed by atoms with van der Waals surface area (Å²) >= 11 is 0. The van der Waals surface area contributed by atoms with E-state index >= 15 is 0 Å². The van der Waals surface area contributed by atoms with E-state index < -0.39 is 17.0 Å². The number of nitrogens with two attached hydrogens (primary N) is 3. The highest BCUT2D eigenvalue weighted by atomic mass is 16.1. The molecule has 1 amide bonds. The lowest BCUT2D eigenvalue weighted by Crippen LogP contribution is -2.66. The standard InChI is InChI=1S/C18H23N3O/c1-17(20,18(2,21)16(19)22)15-10-8-14(9-11-15)12-13-6-4-3-5-7-13/h3-11H,12,20-21H2,1-2H3,(H2,19,22). The van der Waals surface area contributed by atoms with Crippen LogP contribution < -0.4 is 17.2 Å². The van der Waals surface area contributed by atoms with Crippen molar-refractivity contribution >= 4 is 5.91 Å². The molecule has 0 aliphatic rings. The van der Waals surface area contributed by atoms with Gasteiger partial charge in [-0.2, -0.15) is 0 Å². The number of hydrogen-bond donors (Lipinski definition) is 3. The smallest absolute Gasteiger partial charge is 0.239 e. The molecule has 0 radical (unpaired) electrons. The Labute approximate surface area is 131 Å². The van der Waals surface area contributed by atoms with Crippen LogP contribution in [0.1, 0.15) is 30.5 Å². The first kappa shape index (κ1) is 16.2. The van der Waals surface area contributed by atoms with Crippen LogP contribution in [-0.2, 0) is 16.8 Å². The molecule has 0 aliphatic carbocycles. The highest BCUT2D eigenvalue weighted by Crippen LogP contribution is 2.28. The first-order valence-electron chi connectivity index (χ1n) is 7.26. The first-order chi connectivity index (χ1) is 10.2. The van der Waals surface area contributed by atoms with Crippen molar-refractivity contribution in [3.05, 3.63) is 71.3 Å². The predicted octanol–water partition coefficient (Wildman–Crippen LogP) is 1.65. The number of carbonyl (C=O) groups excluding carboxylic acids is 1. The Hall–Kier alpha value is -2.17. The molecular formula is C18H23N3O. The summed E-state index contributed by atoms with van der Waals surface area (Å²) in [5.41, 5.74) is 18.5. The Kier molecular flexibility index (Phi) is 4.35. The lowest BCUT2D eigenvalue weighted by atomic mass is 9.75. The quantitative estimate of drug-likeness (QED) is 0.783. The van der Waals surface area contributed by atoms with Gasteiger partial charge in [0.05, 0.1) is 5.54 Å². The molecule has 4 heteroatoms. The molecule has 2 aromatic rings. The molecule has 0 heterocycles. The Morgan fingerprint density at radius 2 is 1.41 bits per heavy atom. The number of rotatable bonds is 5. The second-order valence-electron chi connectivity index (χ2n) is 6.13. The van der Waals surface area contributed by atoms with Crippen LogP contribution in [0.2, 0.25) is 0 Å². The van der Waals surface area contributed by atoms with Crippen LogP contribution in [-0.4, -0.2) is 11.4 Å². The van der Waals surface area contributed by atoms with Crippen molar-refractivity contribution in [2.24, 2.45) is 17.2 Å². The summed E-state index contributed by atoms with van der Waals surface area (Å²) in [6, 6.07) is 18.0. The molecule has 2 rings (SSSR count). The Morgan fingerprint density at radius 3 is 1.91 bits per heavy atom. The monoisotopic (exact) mass is 297 g/mol. The van der Waals surface area contributed by atoms with Crippen molar-refractivity contribution in [1.29, 1.82) is 0 Å². The Bertz CT molecular complexity index is 646. The highest BCUT2D eigenvalue weighted by Gasteiger charge is 2.44. The van der Waals surface area contributed by atoms with Crippen LogP contribution in [0.5, 0.6) is 0 Å². The zero-order chi connectivity index (χ0) is 16.4. The van der Waals surface area contributed by atoms with Crippen molar-refractivity contribution in [3.63, 3.8) is 0 Å². The lowest BCUT2D eigenvalue weighted by molar-refractivity contribution is -0.124. The van der Waals surface area contributed by atoms with Crippen molar-refractivity contribution in [2.75, 3.05) is 0 Å². The van der Waals surface area contributed by atoms with E-state index in [0.29, 0.717) is 0 Å². The van der Waals surface area contributed by atoms with Gasteiger partial charge in [-0.25, -0.2) is 0 Å². The zero-order valence-electron chi connectivity index (χ0n) is 13.0. The van der Waals surface area contributed by atoms with Gasteiger partial charge in [0.2, 0.25) is 5.91 Å². The van der Waals surface area contributed by atoms with Gasteiger partial charge < -0.3 is 17.2 Å². The summed E-state index contributed by atoms with van der Waals surface area (Å²) in [4.78, 5) is 11.6. The number of hydrogen-bond acceptors (Lipinski definition) is 3. The summed E-state index contributed by atoms with van der Waals surface area (Å²) in [7, 11) is 0. The molecular weight excluding hydrogens is 274 g/mol. The van der Waals surface area contributed by atoms with E-state index in [4.69, 9.17) is 17.2 Å². The van der Waals surface area contributed by atoms with Crippen LogP contribution >= 0.6 is 0 Å². The molecule has 2 aromatic carbocycles.